The molecule has 0 atom stereocenters. The third kappa shape index (κ3) is 8.75. The van der Waals surface area contributed by atoms with Gasteiger partial charge in [0, 0.05) is 33.5 Å². The number of aryl methyl sites for hydroxylation is 1. The summed E-state index contributed by atoms with van der Waals surface area (Å²) in [6.07, 6.45) is 2.55. The minimum atomic E-state index is -0.137. The fraction of sp³-hybridized carbons (Fsp3) is 0.692. The first-order chi connectivity index (χ1) is 8.74. The van der Waals surface area contributed by atoms with Crippen LogP contribution in [-0.4, -0.2) is 35.9 Å². The Labute approximate surface area is 111 Å². The molecule has 5 nitrogen and oxygen atoms in total. The van der Waals surface area contributed by atoms with Crippen molar-refractivity contribution in [2.45, 2.75) is 34.1 Å². The molecule has 1 rings (SSSR count). The number of nitrogens with zero attached hydrogens (tertiary/aromatic N) is 2. The summed E-state index contributed by atoms with van der Waals surface area (Å²) in [5.41, 5.74) is 0.449. The number of nitrogens with one attached hydrogen (secondary N) is 1. The van der Waals surface area contributed by atoms with Crippen molar-refractivity contribution in [1.29, 1.82) is 0 Å². The van der Waals surface area contributed by atoms with Crippen LogP contribution in [0.15, 0.2) is 12.3 Å². The molecule has 0 bridgehead atoms. The second-order valence-corrected chi connectivity index (χ2v) is 2.98. The van der Waals surface area contributed by atoms with Crippen molar-refractivity contribution >= 4 is 5.91 Å². The SMILES string of the molecule is CC.CC.COCCCNC(=O)c1ccn(C)n1. The lowest BCUT2D eigenvalue weighted by Gasteiger charge is -2.01. The summed E-state index contributed by atoms with van der Waals surface area (Å²) in [6, 6.07) is 1.69. The number of amides is 1. The lowest BCUT2D eigenvalue weighted by Crippen LogP contribution is -2.25. The third-order valence-electron chi connectivity index (χ3n) is 1.76. The normalized spacial score (nSPS) is 8.56. The van der Waals surface area contributed by atoms with Gasteiger partial charge in [0.05, 0.1) is 0 Å². The maximum atomic E-state index is 11.4. The predicted molar refractivity (Wildman–Crippen MR) is 74.7 cm³/mol. The van der Waals surface area contributed by atoms with Crippen molar-refractivity contribution in [3.05, 3.63) is 18.0 Å². The van der Waals surface area contributed by atoms with E-state index in [1.165, 1.54) is 0 Å². The van der Waals surface area contributed by atoms with Gasteiger partial charge in [-0.25, -0.2) is 0 Å². The van der Waals surface area contributed by atoms with Gasteiger partial charge in [-0.3, -0.25) is 9.48 Å². The minimum absolute atomic E-state index is 0.137. The Morgan fingerprint density at radius 1 is 1.39 bits per heavy atom. The molecule has 1 heterocycles. The van der Waals surface area contributed by atoms with E-state index >= 15 is 0 Å². The number of rotatable bonds is 5. The lowest BCUT2D eigenvalue weighted by atomic mass is 10.4. The fourth-order valence-corrected chi connectivity index (χ4v) is 1.05. The average molecular weight is 257 g/mol. The van der Waals surface area contributed by atoms with Gasteiger partial charge in [0.2, 0.25) is 0 Å². The maximum absolute atomic E-state index is 11.4. The van der Waals surface area contributed by atoms with Crippen LogP contribution >= 0.6 is 0 Å². The maximum Gasteiger partial charge on any atom is 0.271 e. The Bertz CT molecular complexity index is 298. The molecule has 1 N–H and O–H groups in total. The zero-order chi connectivity index (χ0) is 14.4. The van der Waals surface area contributed by atoms with Crippen LogP contribution in [0.3, 0.4) is 0 Å². The predicted octanol–water partition coefficient (Wildman–Crippen LogP) is 2.24. The zero-order valence-electron chi connectivity index (χ0n) is 12.5. The lowest BCUT2D eigenvalue weighted by molar-refractivity contribution is 0.0943. The Morgan fingerprint density at radius 2 is 2.00 bits per heavy atom. The summed E-state index contributed by atoms with van der Waals surface area (Å²) < 4.78 is 6.46. The van der Waals surface area contributed by atoms with Crippen molar-refractivity contribution in [3.8, 4) is 0 Å². The molecule has 0 saturated carbocycles. The van der Waals surface area contributed by atoms with Crippen molar-refractivity contribution in [1.82, 2.24) is 15.1 Å². The van der Waals surface area contributed by atoms with Gasteiger partial charge in [0.15, 0.2) is 0 Å². The van der Waals surface area contributed by atoms with E-state index < -0.39 is 0 Å². The molecule has 0 fully saturated rings. The van der Waals surface area contributed by atoms with Gasteiger partial charge < -0.3 is 10.1 Å². The Balaban J connectivity index is 0. The molecule has 106 valence electrons. The van der Waals surface area contributed by atoms with Crippen LogP contribution in [0.1, 0.15) is 44.6 Å². The molecule has 1 amide bonds. The summed E-state index contributed by atoms with van der Waals surface area (Å²) >= 11 is 0. The van der Waals surface area contributed by atoms with Crippen molar-refractivity contribution < 1.29 is 9.53 Å². The van der Waals surface area contributed by atoms with Gasteiger partial charge in [0.1, 0.15) is 5.69 Å². The van der Waals surface area contributed by atoms with E-state index in [1.807, 2.05) is 27.7 Å². The van der Waals surface area contributed by atoms with Gasteiger partial charge in [-0.15, -0.1) is 0 Å². The number of hydrogen-bond acceptors (Lipinski definition) is 3. The highest BCUT2D eigenvalue weighted by atomic mass is 16.5. The van der Waals surface area contributed by atoms with Gasteiger partial charge in [-0.05, 0) is 12.5 Å². The highest BCUT2D eigenvalue weighted by Gasteiger charge is 2.06. The molecule has 0 aromatic carbocycles. The van der Waals surface area contributed by atoms with E-state index in [4.69, 9.17) is 4.74 Å². The molecule has 0 aliphatic rings. The first-order valence-electron chi connectivity index (χ1n) is 6.51. The average Bonchev–Trinajstić information content (AvgIpc) is 2.86. The van der Waals surface area contributed by atoms with Gasteiger partial charge >= 0.3 is 0 Å². The van der Waals surface area contributed by atoms with Crippen LogP contribution < -0.4 is 5.32 Å². The quantitative estimate of drug-likeness (QED) is 0.823. The van der Waals surface area contributed by atoms with E-state index in [2.05, 4.69) is 10.4 Å². The largest absolute Gasteiger partial charge is 0.385 e. The van der Waals surface area contributed by atoms with E-state index in [0.29, 0.717) is 18.8 Å². The second kappa shape index (κ2) is 13.7. The van der Waals surface area contributed by atoms with Crippen LogP contribution in [0.4, 0.5) is 0 Å². The molecule has 0 spiro atoms. The van der Waals surface area contributed by atoms with Crippen LogP contribution in [0.5, 0.6) is 0 Å². The summed E-state index contributed by atoms with van der Waals surface area (Å²) in [4.78, 5) is 11.4. The minimum Gasteiger partial charge on any atom is -0.385 e. The smallest absolute Gasteiger partial charge is 0.271 e. The Kier molecular flexibility index (Phi) is 14.5. The van der Waals surface area contributed by atoms with Crippen molar-refractivity contribution in [2.24, 2.45) is 7.05 Å². The van der Waals surface area contributed by atoms with E-state index in [1.54, 1.807) is 31.1 Å². The number of ether oxygens (including phenoxy) is 1. The Hall–Kier alpha value is -1.36. The number of hydrogen-bond donors (Lipinski definition) is 1. The third-order valence-corrected chi connectivity index (χ3v) is 1.76. The van der Waals surface area contributed by atoms with Crippen LogP contribution in [-0.2, 0) is 11.8 Å². The van der Waals surface area contributed by atoms with Gasteiger partial charge in [-0.1, -0.05) is 27.7 Å². The molecule has 0 unspecified atom stereocenters. The van der Waals surface area contributed by atoms with Crippen molar-refractivity contribution in [3.63, 3.8) is 0 Å². The number of methoxy groups -OCH3 is 1. The van der Waals surface area contributed by atoms with Crippen LogP contribution in [0, 0.1) is 0 Å². The number of aromatic nitrogens is 2. The first-order valence-corrected chi connectivity index (χ1v) is 6.51. The standard InChI is InChI=1S/C9H15N3O2.2C2H6/c1-12-6-4-8(11-12)9(13)10-5-3-7-14-2;2*1-2/h4,6H,3,5,7H2,1-2H3,(H,10,13);2*1-2H3. The molecule has 0 radical (unpaired) electrons. The summed E-state index contributed by atoms with van der Waals surface area (Å²) in [7, 11) is 3.42. The molecular weight excluding hydrogens is 230 g/mol. The number of carbonyl (C=O) groups excluding carboxylic acids is 1. The molecule has 18 heavy (non-hydrogen) atoms. The highest BCUT2D eigenvalue weighted by molar-refractivity contribution is 5.92. The van der Waals surface area contributed by atoms with Crippen molar-refractivity contribution in [2.75, 3.05) is 20.3 Å². The second-order valence-electron chi connectivity index (χ2n) is 2.98. The van der Waals surface area contributed by atoms with Gasteiger partial charge in [-0.2, -0.15) is 5.10 Å². The topological polar surface area (TPSA) is 56.1 Å². The zero-order valence-corrected chi connectivity index (χ0v) is 12.5. The summed E-state index contributed by atoms with van der Waals surface area (Å²) in [5.74, 6) is -0.137. The fourth-order valence-electron chi connectivity index (χ4n) is 1.05. The summed E-state index contributed by atoms with van der Waals surface area (Å²) in [5, 5.41) is 6.74. The monoisotopic (exact) mass is 257 g/mol. The molecule has 0 saturated heterocycles. The molecule has 0 aliphatic carbocycles. The Morgan fingerprint density at radius 3 is 2.44 bits per heavy atom. The van der Waals surface area contributed by atoms with E-state index in [9.17, 15) is 4.79 Å². The van der Waals surface area contributed by atoms with Crippen LogP contribution in [0.25, 0.3) is 0 Å². The molecule has 5 heteroatoms. The van der Waals surface area contributed by atoms with Crippen LogP contribution in [0.2, 0.25) is 0 Å². The van der Waals surface area contributed by atoms with E-state index in [0.717, 1.165) is 6.42 Å². The van der Waals surface area contributed by atoms with E-state index in [-0.39, 0.29) is 5.91 Å². The molecule has 0 aliphatic heterocycles. The number of carbonyl (C=O) groups is 1. The summed E-state index contributed by atoms with van der Waals surface area (Å²) in [6.45, 7) is 9.27. The molecule has 1 aromatic heterocycles. The molecular formula is C13H27N3O2. The molecule has 1 aromatic rings. The first kappa shape index (κ1) is 19.0. The van der Waals surface area contributed by atoms with Gasteiger partial charge in [0.25, 0.3) is 5.91 Å². The highest BCUT2D eigenvalue weighted by Crippen LogP contribution is 1.93.